The Morgan fingerprint density at radius 1 is 0.435 bits per heavy atom. The van der Waals surface area contributed by atoms with Gasteiger partial charge in [-0.1, -0.05) is 76.6 Å². The summed E-state index contributed by atoms with van der Waals surface area (Å²) in [5, 5.41) is 13.6. The van der Waals surface area contributed by atoms with E-state index >= 15 is 0 Å². The maximum absolute atomic E-state index is 3.74. The zero-order valence-electron chi connectivity index (χ0n) is 12.2. The summed E-state index contributed by atoms with van der Waals surface area (Å²) in [4.78, 5) is 0. The Hall–Kier alpha value is -2.38. The summed E-state index contributed by atoms with van der Waals surface area (Å²) in [6.45, 7) is 0. The molecule has 6 rings (SSSR count). The summed E-state index contributed by atoms with van der Waals surface area (Å²) in [7, 11) is 0. The van der Waals surface area contributed by atoms with Gasteiger partial charge in [-0.2, -0.15) is 0 Å². The van der Waals surface area contributed by atoms with E-state index < -0.39 is 0 Å². The first-order valence-electron chi connectivity index (χ1n) is 7.83. The second kappa shape index (κ2) is 3.93. The SMILES string of the molecule is Brc1ccc2c3cccc4ccc5ccc6ccc1c2c6c5c43. The molecule has 0 atom stereocenters. The minimum absolute atomic E-state index is 1.17. The van der Waals surface area contributed by atoms with Crippen molar-refractivity contribution in [3.8, 4) is 0 Å². The van der Waals surface area contributed by atoms with Crippen molar-refractivity contribution >= 4 is 69.8 Å². The third-order valence-corrected chi connectivity index (χ3v) is 5.91. The molecule has 0 saturated carbocycles. The Labute approximate surface area is 141 Å². The van der Waals surface area contributed by atoms with E-state index in [-0.39, 0.29) is 0 Å². The second-order valence-corrected chi connectivity index (χ2v) is 7.17. The summed E-state index contributed by atoms with van der Waals surface area (Å²) in [6, 6.07) is 24.6. The number of benzene rings is 6. The molecule has 0 aromatic heterocycles. The molecule has 0 N–H and O–H groups in total. The summed E-state index contributed by atoms with van der Waals surface area (Å²) in [6.07, 6.45) is 0. The van der Waals surface area contributed by atoms with E-state index in [4.69, 9.17) is 0 Å². The number of hydrogen-bond donors (Lipinski definition) is 0. The van der Waals surface area contributed by atoms with Gasteiger partial charge < -0.3 is 0 Å². The van der Waals surface area contributed by atoms with E-state index in [1.807, 2.05) is 0 Å². The van der Waals surface area contributed by atoms with Crippen molar-refractivity contribution in [2.75, 3.05) is 0 Å². The predicted octanol–water partition coefficient (Wildman–Crippen LogP) is 7.09. The molecule has 0 amide bonds. The molecule has 23 heavy (non-hydrogen) atoms. The lowest BCUT2D eigenvalue weighted by Gasteiger charge is -2.18. The van der Waals surface area contributed by atoms with E-state index in [0.717, 1.165) is 0 Å². The summed E-state index contributed by atoms with van der Waals surface area (Å²) >= 11 is 3.74. The van der Waals surface area contributed by atoms with Gasteiger partial charge in [-0.15, -0.1) is 0 Å². The molecule has 0 saturated heterocycles. The van der Waals surface area contributed by atoms with E-state index in [1.165, 1.54) is 58.3 Å². The van der Waals surface area contributed by atoms with Crippen molar-refractivity contribution in [1.29, 1.82) is 0 Å². The van der Waals surface area contributed by atoms with Crippen LogP contribution in [-0.4, -0.2) is 0 Å². The van der Waals surface area contributed by atoms with Gasteiger partial charge in [-0.05, 0) is 59.9 Å². The maximum atomic E-state index is 3.74. The van der Waals surface area contributed by atoms with E-state index in [0.29, 0.717) is 0 Å². The molecule has 6 aromatic rings. The molecule has 0 radical (unpaired) electrons. The molecule has 0 aliphatic heterocycles. The minimum Gasteiger partial charge on any atom is -0.0610 e. The Morgan fingerprint density at radius 3 is 1.78 bits per heavy atom. The van der Waals surface area contributed by atoms with Gasteiger partial charge in [-0.3, -0.25) is 0 Å². The highest BCUT2D eigenvalue weighted by Gasteiger charge is 2.17. The molecule has 0 unspecified atom stereocenters. The van der Waals surface area contributed by atoms with Crippen LogP contribution in [0.1, 0.15) is 0 Å². The second-order valence-electron chi connectivity index (χ2n) is 6.31. The minimum atomic E-state index is 1.17. The number of rotatable bonds is 0. The molecule has 0 fully saturated rings. The van der Waals surface area contributed by atoms with Gasteiger partial charge in [0, 0.05) is 4.47 Å². The van der Waals surface area contributed by atoms with E-state index in [9.17, 15) is 0 Å². The largest absolute Gasteiger partial charge is 0.0610 e. The lowest BCUT2D eigenvalue weighted by Crippen LogP contribution is -1.90. The Kier molecular flexibility index (Phi) is 2.06. The lowest BCUT2D eigenvalue weighted by molar-refractivity contribution is 1.76. The summed E-state index contributed by atoms with van der Waals surface area (Å²) in [5.74, 6) is 0. The van der Waals surface area contributed by atoms with Gasteiger partial charge in [0.05, 0.1) is 0 Å². The zero-order chi connectivity index (χ0) is 15.1. The number of hydrogen-bond acceptors (Lipinski definition) is 0. The Bertz CT molecular complexity index is 1360. The van der Waals surface area contributed by atoms with Crippen molar-refractivity contribution in [1.82, 2.24) is 0 Å². The monoisotopic (exact) mass is 354 g/mol. The van der Waals surface area contributed by atoms with Crippen LogP contribution in [0.5, 0.6) is 0 Å². The molecular formula is C22H11Br. The Balaban J connectivity index is 2.19. The Morgan fingerprint density at radius 2 is 1.00 bits per heavy atom. The zero-order valence-corrected chi connectivity index (χ0v) is 13.8. The standard InChI is InChI=1S/C22H11Br/c23-18-11-10-16-15-3-1-2-12-4-5-13-6-7-14-8-9-17(18)22(16)21(14)20(13)19(12)15/h1-11H. The highest BCUT2D eigenvalue weighted by atomic mass is 79.9. The van der Waals surface area contributed by atoms with Gasteiger partial charge in [-0.25, -0.2) is 0 Å². The van der Waals surface area contributed by atoms with Crippen molar-refractivity contribution in [3.05, 3.63) is 71.2 Å². The smallest absolute Gasteiger partial charge is 0.0254 e. The molecule has 6 aromatic carbocycles. The number of halogens is 1. The summed E-state index contributed by atoms with van der Waals surface area (Å²) in [5.41, 5.74) is 0. The fourth-order valence-corrected chi connectivity index (χ4v) is 4.73. The average molecular weight is 355 g/mol. The highest BCUT2D eigenvalue weighted by molar-refractivity contribution is 9.10. The molecular weight excluding hydrogens is 344 g/mol. The van der Waals surface area contributed by atoms with Gasteiger partial charge in [0.1, 0.15) is 0 Å². The van der Waals surface area contributed by atoms with Crippen LogP contribution in [0.15, 0.2) is 71.2 Å². The van der Waals surface area contributed by atoms with Crippen LogP contribution in [-0.2, 0) is 0 Å². The number of fused-ring (bicyclic) bond motifs is 1. The van der Waals surface area contributed by atoms with Crippen molar-refractivity contribution in [2.45, 2.75) is 0 Å². The fourth-order valence-electron chi connectivity index (χ4n) is 4.27. The molecule has 1 heteroatoms. The first-order valence-corrected chi connectivity index (χ1v) is 8.62. The lowest BCUT2D eigenvalue weighted by atomic mass is 9.86. The highest BCUT2D eigenvalue weighted by Crippen LogP contribution is 2.45. The third kappa shape index (κ3) is 1.33. The molecule has 0 spiro atoms. The molecule has 106 valence electrons. The van der Waals surface area contributed by atoms with Gasteiger partial charge in [0.25, 0.3) is 0 Å². The predicted molar refractivity (Wildman–Crippen MR) is 104 cm³/mol. The fraction of sp³-hybridized carbons (Fsp3) is 0. The van der Waals surface area contributed by atoms with Crippen LogP contribution in [0.25, 0.3) is 53.9 Å². The molecule has 0 aliphatic rings. The molecule has 0 nitrogen and oxygen atoms in total. The van der Waals surface area contributed by atoms with Crippen LogP contribution < -0.4 is 0 Å². The maximum Gasteiger partial charge on any atom is 0.0254 e. The normalized spacial score (nSPS) is 12.6. The van der Waals surface area contributed by atoms with Crippen molar-refractivity contribution in [2.24, 2.45) is 0 Å². The molecule has 0 bridgehead atoms. The van der Waals surface area contributed by atoms with E-state index in [2.05, 4.69) is 82.7 Å². The quantitative estimate of drug-likeness (QED) is 0.201. The topological polar surface area (TPSA) is 0 Å². The van der Waals surface area contributed by atoms with Crippen molar-refractivity contribution in [3.63, 3.8) is 0 Å². The van der Waals surface area contributed by atoms with Crippen LogP contribution in [0.3, 0.4) is 0 Å². The average Bonchev–Trinajstić information content (AvgIpc) is 2.60. The first kappa shape index (κ1) is 12.1. The van der Waals surface area contributed by atoms with E-state index in [1.54, 1.807) is 0 Å². The van der Waals surface area contributed by atoms with Crippen LogP contribution >= 0.6 is 15.9 Å². The molecule has 0 aliphatic carbocycles. The summed E-state index contributed by atoms with van der Waals surface area (Å²) < 4.78 is 1.17. The van der Waals surface area contributed by atoms with Gasteiger partial charge in [0.15, 0.2) is 0 Å². The van der Waals surface area contributed by atoms with Crippen LogP contribution in [0.2, 0.25) is 0 Å². The van der Waals surface area contributed by atoms with Gasteiger partial charge in [0.2, 0.25) is 0 Å². The first-order chi connectivity index (χ1) is 11.3. The molecule has 0 heterocycles. The third-order valence-electron chi connectivity index (χ3n) is 5.22. The van der Waals surface area contributed by atoms with Crippen LogP contribution in [0, 0.1) is 0 Å². The van der Waals surface area contributed by atoms with Crippen LogP contribution in [0.4, 0.5) is 0 Å². The van der Waals surface area contributed by atoms with Gasteiger partial charge >= 0.3 is 0 Å². The van der Waals surface area contributed by atoms with Crippen molar-refractivity contribution < 1.29 is 0 Å².